The van der Waals surface area contributed by atoms with Crippen molar-refractivity contribution in [2.24, 2.45) is 0 Å². The zero-order valence-corrected chi connectivity index (χ0v) is 15.7. The van der Waals surface area contributed by atoms with Gasteiger partial charge in [0, 0.05) is 17.6 Å². The Morgan fingerprint density at radius 3 is 2.56 bits per heavy atom. The van der Waals surface area contributed by atoms with Gasteiger partial charge >= 0.3 is 0 Å². The highest BCUT2D eigenvalue weighted by atomic mass is 35.5. The van der Waals surface area contributed by atoms with Crippen LogP contribution in [0.4, 0.5) is 0 Å². The first-order valence-corrected chi connectivity index (χ1v) is 8.70. The standard InChI is InChI=1S/C20H25ClN2O2/c1-15(11-16-7-9-19(25-3)10-8-16)23(2)14-20(24)22-13-17-5-4-6-18(21)12-17/h4-10,12,15H,11,13-14H2,1-3H3,(H,22,24). The third-order valence-electron chi connectivity index (χ3n) is 4.21. The highest BCUT2D eigenvalue weighted by molar-refractivity contribution is 6.30. The molecule has 2 aromatic rings. The van der Waals surface area contributed by atoms with Crippen LogP contribution in [0.3, 0.4) is 0 Å². The summed E-state index contributed by atoms with van der Waals surface area (Å²) in [4.78, 5) is 14.2. The van der Waals surface area contributed by atoms with Gasteiger partial charge < -0.3 is 10.1 Å². The Labute approximate surface area is 154 Å². The van der Waals surface area contributed by atoms with E-state index in [2.05, 4.69) is 29.3 Å². The van der Waals surface area contributed by atoms with Crippen LogP contribution < -0.4 is 10.1 Å². The number of likely N-dealkylation sites (N-methyl/N-ethyl adjacent to an activating group) is 1. The average molecular weight is 361 g/mol. The fourth-order valence-corrected chi connectivity index (χ4v) is 2.76. The molecule has 25 heavy (non-hydrogen) atoms. The number of hydrogen-bond acceptors (Lipinski definition) is 3. The van der Waals surface area contributed by atoms with Crippen LogP contribution in [0.25, 0.3) is 0 Å². The number of ether oxygens (including phenoxy) is 1. The Morgan fingerprint density at radius 1 is 1.20 bits per heavy atom. The van der Waals surface area contributed by atoms with Gasteiger partial charge in [-0.3, -0.25) is 9.69 Å². The topological polar surface area (TPSA) is 41.6 Å². The molecule has 0 aliphatic rings. The molecule has 0 saturated carbocycles. The second kappa shape index (κ2) is 9.44. The Balaban J connectivity index is 1.78. The van der Waals surface area contributed by atoms with Crippen LogP contribution in [-0.4, -0.2) is 37.6 Å². The van der Waals surface area contributed by atoms with Crippen molar-refractivity contribution in [3.05, 3.63) is 64.7 Å². The SMILES string of the molecule is COc1ccc(CC(C)N(C)CC(=O)NCc2cccc(Cl)c2)cc1. The van der Waals surface area contributed by atoms with Crippen LogP contribution in [0.2, 0.25) is 5.02 Å². The molecular formula is C20H25ClN2O2. The number of carbonyl (C=O) groups excluding carboxylic acids is 1. The molecule has 1 amide bonds. The molecule has 0 aliphatic carbocycles. The van der Waals surface area contributed by atoms with Gasteiger partial charge in [-0.05, 0) is 55.8 Å². The summed E-state index contributed by atoms with van der Waals surface area (Å²) in [6.45, 7) is 2.96. The minimum absolute atomic E-state index is 0.00376. The summed E-state index contributed by atoms with van der Waals surface area (Å²) in [6, 6.07) is 15.8. The van der Waals surface area contributed by atoms with Crippen molar-refractivity contribution in [1.82, 2.24) is 10.2 Å². The van der Waals surface area contributed by atoms with Crippen LogP contribution in [0.5, 0.6) is 5.75 Å². The molecule has 4 nitrogen and oxygen atoms in total. The maximum atomic E-state index is 12.1. The normalized spacial score (nSPS) is 12.0. The lowest BCUT2D eigenvalue weighted by Gasteiger charge is -2.24. The number of benzene rings is 2. The summed E-state index contributed by atoms with van der Waals surface area (Å²) < 4.78 is 5.17. The zero-order valence-electron chi connectivity index (χ0n) is 15.0. The lowest BCUT2D eigenvalue weighted by atomic mass is 10.1. The molecule has 134 valence electrons. The third kappa shape index (κ3) is 6.40. The van der Waals surface area contributed by atoms with Crippen molar-refractivity contribution in [3.63, 3.8) is 0 Å². The van der Waals surface area contributed by atoms with Crippen LogP contribution in [0.1, 0.15) is 18.1 Å². The van der Waals surface area contributed by atoms with Crippen LogP contribution in [0, 0.1) is 0 Å². The van der Waals surface area contributed by atoms with Crippen molar-refractivity contribution in [1.29, 1.82) is 0 Å². The van der Waals surface area contributed by atoms with Gasteiger partial charge in [0.1, 0.15) is 5.75 Å². The second-order valence-electron chi connectivity index (χ2n) is 6.22. The number of nitrogens with zero attached hydrogens (tertiary/aromatic N) is 1. The predicted octanol–water partition coefficient (Wildman–Crippen LogP) is 3.53. The van der Waals surface area contributed by atoms with Gasteiger partial charge in [0.05, 0.1) is 13.7 Å². The van der Waals surface area contributed by atoms with Gasteiger partial charge in [0.15, 0.2) is 0 Å². The lowest BCUT2D eigenvalue weighted by molar-refractivity contribution is -0.122. The van der Waals surface area contributed by atoms with Crippen LogP contribution in [-0.2, 0) is 17.8 Å². The van der Waals surface area contributed by atoms with Gasteiger partial charge in [-0.15, -0.1) is 0 Å². The second-order valence-corrected chi connectivity index (χ2v) is 6.66. The van der Waals surface area contributed by atoms with E-state index in [1.807, 2.05) is 43.4 Å². The first-order valence-electron chi connectivity index (χ1n) is 8.32. The molecule has 1 atom stereocenters. The minimum Gasteiger partial charge on any atom is -0.497 e. The molecule has 0 spiro atoms. The van der Waals surface area contributed by atoms with E-state index in [-0.39, 0.29) is 11.9 Å². The molecule has 1 unspecified atom stereocenters. The molecule has 0 bridgehead atoms. The Bertz CT molecular complexity index is 688. The van der Waals surface area contributed by atoms with E-state index in [1.54, 1.807) is 7.11 Å². The summed E-state index contributed by atoms with van der Waals surface area (Å²) in [5, 5.41) is 3.61. The number of halogens is 1. The molecule has 0 aromatic heterocycles. The molecule has 0 aliphatic heterocycles. The zero-order chi connectivity index (χ0) is 18.2. The summed E-state index contributed by atoms with van der Waals surface area (Å²) in [6.07, 6.45) is 0.877. The maximum absolute atomic E-state index is 12.1. The highest BCUT2D eigenvalue weighted by Gasteiger charge is 2.13. The summed E-state index contributed by atoms with van der Waals surface area (Å²) in [5.41, 5.74) is 2.22. The third-order valence-corrected chi connectivity index (χ3v) is 4.45. The quantitative estimate of drug-likeness (QED) is 0.783. The van der Waals surface area contributed by atoms with E-state index < -0.39 is 0 Å². The maximum Gasteiger partial charge on any atom is 0.234 e. The van der Waals surface area contributed by atoms with E-state index >= 15 is 0 Å². The Hall–Kier alpha value is -2.04. The Kier molecular flexibility index (Phi) is 7.29. The molecule has 0 radical (unpaired) electrons. The predicted molar refractivity (Wildman–Crippen MR) is 102 cm³/mol. The number of nitrogens with one attached hydrogen (secondary N) is 1. The van der Waals surface area contributed by atoms with E-state index in [4.69, 9.17) is 16.3 Å². The first kappa shape index (κ1) is 19.3. The number of hydrogen-bond donors (Lipinski definition) is 1. The first-order chi connectivity index (χ1) is 12.0. The van der Waals surface area contributed by atoms with Crippen LogP contribution in [0.15, 0.2) is 48.5 Å². The molecule has 5 heteroatoms. The largest absolute Gasteiger partial charge is 0.497 e. The summed E-state index contributed by atoms with van der Waals surface area (Å²) in [5.74, 6) is 0.856. The van der Waals surface area contributed by atoms with Gasteiger partial charge in [-0.2, -0.15) is 0 Å². The molecule has 0 saturated heterocycles. The van der Waals surface area contributed by atoms with Crippen molar-refractivity contribution in [2.75, 3.05) is 20.7 Å². The van der Waals surface area contributed by atoms with Gasteiger partial charge in [-0.1, -0.05) is 35.9 Å². The Morgan fingerprint density at radius 2 is 1.92 bits per heavy atom. The van der Waals surface area contributed by atoms with Crippen molar-refractivity contribution < 1.29 is 9.53 Å². The number of carbonyl (C=O) groups is 1. The molecule has 1 N–H and O–H groups in total. The summed E-state index contributed by atoms with van der Waals surface area (Å²) >= 11 is 5.95. The molecule has 0 heterocycles. The molecular weight excluding hydrogens is 336 g/mol. The molecule has 0 fully saturated rings. The number of amides is 1. The fraction of sp³-hybridized carbons (Fsp3) is 0.350. The molecule has 2 aromatic carbocycles. The summed E-state index contributed by atoms with van der Waals surface area (Å²) in [7, 11) is 3.63. The van der Waals surface area contributed by atoms with Gasteiger partial charge in [-0.25, -0.2) is 0 Å². The minimum atomic E-state index is 0.00376. The fourth-order valence-electron chi connectivity index (χ4n) is 2.54. The highest BCUT2D eigenvalue weighted by Crippen LogP contribution is 2.14. The van der Waals surface area contributed by atoms with Crippen molar-refractivity contribution >= 4 is 17.5 Å². The van der Waals surface area contributed by atoms with E-state index in [9.17, 15) is 4.79 Å². The van der Waals surface area contributed by atoms with E-state index in [1.165, 1.54) is 5.56 Å². The van der Waals surface area contributed by atoms with Crippen LogP contribution >= 0.6 is 11.6 Å². The van der Waals surface area contributed by atoms with Gasteiger partial charge in [0.25, 0.3) is 0 Å². The monoisotopic (exact) mass is 360 g/mol. The van der Waals surface area contributed by atoms with E-state index in [0.29, 0.717) is 18.1 Å². The number of methoxy groups -OCH3 is 1. The van der Waals surface area contributed by atoms with Crippen molar-refractivity contribution in [3.8, 4) is 5.75 Å². The molecule has 2 rings (SSSR count). The number of rotatable bonds is 8. The van der Waals surface area contributed by atoms with Gasteiger partial charge in [0.2, 0.25) is 5.91 Å². The lowest BCUT2D eigenvalue weighted by Crippen LogP contribution is -2.40. The average Bonchev–Trinajstić information content (AvgIpc) is 2.60. The smallest absolute Gasteiger partial charge is 0.234 e. The van der Waals surface area contributed by atoms with E-state index in [0.717, 1.165) is 17.7 Å². The van der Waals surface area contributed by atoms with Crippen molar-refractivity contribution in [2.45, 2.75) is 25.9 Å².